The van der Waals surface area contributed by atoms with Gasteiger partial charge in [-0.05, 0) is 67.0 Å². The Morgan fingerprint density at radius 1 is 1.24 bits per heavy atom. The zero-order chi connectivity index (χ0) is 27.0. The van der Waals surface area contributed by atoms with Gasteiger partial charge in [-0.25, -0.2) is 9.18 Å². The molecule has 1 saturated carbocycles. The molecule has 1 spiro atoms. The Morgan fingerprint density at radius 3 is 2.61 bits per heavy atom. The minimum Gasteiger partial charge on any atom is -0.427 e. The summed E-state index contributed by atoms with van der Waals surface area (Å²) in [5, 5.41) is 13.6. The molecule has 2 aromatic rings. The number of nitriles is 1. The summed E-state index contributed by atoms with van der Waals surface area (Å²) in [4.78, 5) is 52.5. The highest BCUT2D eigenvalue weighted by Gasteiger charge is 2.57. The van der Waals surface area contributed by atoms with Crippen LogP contribution in [0.15, 0.2) is 42.5 Å². The summed E-state index contributed by atoms with van der Waals surface area (Å²) >= 11 is 0. The number of imide groups is 1. The highest BCUT2D eigenvalue weighted by atomic mass is 19.1. The van der Waals surface area contributed by atoms with Gasteiger partial charge < -0.3 is 15.0 Å². The van der Waals surface area contributed by atoms with Crippen LogP contribution in [0.2, 0.25) is 0 Å². The van der Waals surface area contributed by atoms with Crippen LogP contribution >= 0.6 is 0 Å². The van der Waals surface area contributed by atoms with Gasteiger partial charge in [-0.1, -0.05) is 18.2 Å². The van der Waals surface area contributed by atoms with Crippen LogP contribution in [-0.4, -0.2) is 34.8 Å². The molecule has 1 heterocycles. The van der Waals surface area contributed by atoms with E-state index in [1.54, 1.807) is 41.3 Å². The Hall–Kier alpha value is -4.26. The van der Waals surface area contributed by atoms with Crippen molar-refractivity contribution in [2.24, 2.45) is 5.92 Å². The molecule has 0 bridgehead atoms. The van der Waals surface area contributed by atoms with Gasteiger partial charge in [0.05, 0.1) is 6.07 Å². The molecule has 0 radical (unpaired) electrons. The number of alkyl carbamates (subject to hydrolysis) is 1. The average molecular weight is 519 g/mol. The van der Waals surface area contributed by atoms with Gasteiger partial charge in [0, 0.05) is 36.7 Å². The van der Waals surface area contributed by atoms with Crippen molar-refractivity contribution in [3.63, 3.8) is 0 Å². The molecule has 3 aliphatic rings. The largest absolute Gasteiger partial charge is 0.427 e. The number of ether oxygens (including phenoxy) is 1. The number of hydrogen-bond donors (Lipinski definition) is 2. The molecule has 196 valence electrons. The number of rotatable bonds is 8. The Labute approximate surface area is 218 Å². The van der Waals surface area contributed by atoms with Gasteiger partial charge in [0.1, 0.15) is 12.2 Å². The summed E-state index contributed by atoms with van der Waals surface area (Å²) in [7, 11) is 0. The SMILES string of the molecule is CC(C1CC1)N(Cc1ccc(F)cc1)C(=O)CC1CC2(OC(=O)NC2=O)c2ccc(NC(=O)CC#N)cc21. The van der Waals surface area contributed by atoms with Gasteiger partial charge in [0.2, 0.25) is 17.4 Å². The van der Waals surface area contributed by atoms with Crippen molar-refractivity contribution in [1.82, 2.24) is 10.2 Å². The van der Waals surface area contributed by atoms with E-state index in [1.807, 2.05) is 6.92 Å². The molecular formula is C28H27FN4O5. The maximum absolute atomic E-state index is 13.8. The minimum atomic E-state index is -1.55. The number of fused-ring (bicyclic) bond motifs is 2. The van der Waals surface area contributed by atoms with E-state index < -0.39 is 29.4 Å². The molecule has 2 N–H and O–H groups in total. The fraction of sp³-hybridized carbons (Fsp3) is 0.393. The second-order valence-corrected chi connectivity index (χ2v) is 10.2. The van der Waals surface area contributed by atoms with E-state index in [1.165, 1.54) is 12.1 Å². The molecule has 9 nitrogen and oxygen atoms in total. The lowest BCUT2D eigenvalue weighted by molar-refractivity contribution is -0.136. The number of benzene rings is 2. The highest BCUT2D eigenvalue weighted by molar-refractivity contribution is 6.04. The lowest BCUT2D eigenvalue weighted by Crippen LogP contribution is -2.40. The van der Waals surface area contributed by atoms with E-state index in [0.717, 1.165) is 18.4 Å². The van der Waals surface area contributed by atoms with E-state index in [2.05, 4.69) is 10.6 Å². The standard InChI is InChI=1S/C28H27FN4O5/c1-16(18-4-5-18)33(15-17-2-6-20(29)7-3-17)25(35)12-19-14-28(26(36)32-27(37)38-28)23-9-8-21(13-22(19)23)31-24(34)10-11-30/h2-3,6-9,13,16,18-19H,4-5,10,12,14-15H2,1H3,(H,31,34)(H,32,36,37). The molecule has 5 rings (SSSR count). The summed E-state index contributed by atoms with van der Waals surface area (Å²) < 4.78 is 19.0. The number of nitrogens with zero attached hydrogens (tertiary/aromatic N) is 2. The van der Waals surface area contributed by atoms with Crippen LogP contribution in [0.4, 0.5) is 14.9 Å². The van der Waals surface area contributed by atoms with Crippen molar-refractivity contribution >= 4 is 29.5 Å². The third kappa shape index (κ3) is 4.84. The maximum Gasteiger partial charge on any atom is 0.415 e. The maximum atomic E-state index is 13.8. The predicted octanol–water partition coefficient (Wildman–Crippen LogP) is 3.84. The fourth-order valence-electron chi connectivity index (χ4n) is 5.51. The van der Waals surface area contributed by atoms with Gasteiger partial charge in [0.15, 0.2) is 0 Å². The summed E-state index contributed by atoms with van der Waals surface area (Å²) in [6, 6.07) is 12.7. The predicted molar refractivity (Wildman–Crippen MR) is 133 cm³/mol. The Balaban J connectivity index is 1.44. The first-order chi connectivity index (χ1) is 18.2. The molecule has 0 aromatic heterocycles. The van der Waals surface area contributed by atoms with E-state index >= 15 is 0 Å². The van der Waals surface area contributed by atoms with Gasteiger partial charge in [-0.2, -0.15) is 5.26 Å². The molecule has 4 amide bonds. The first kappa shape index (κ1) is 25.4. The van der Waals surface area contributed by atoms with Crippen LogP contribution in [0.25, 0.3) is 0 Å². The van der Waals surface area contributed by atoms with Crippen LogP contribution in [0.1, 0.15) is 61.6 Å². The number of amides is 4. The van der Waals surface area contributed by atoms with Crippen molar-refractivity contribution in [1.29, 1.82) is 5.26 Å². The number of hydrogen-bond acceptors (Lipinski definition) is 6. The van der Waals surface area contributed by atoms with Gasteiger partial charge in [-0.3, -0.25) is 19.7 Å². The smallest absolute Gasteiger partial charge is 0.415 e. The summed E-state index contributed by atoms with van der Waals surface area (Å²) in [6.45, 7) is 2.33. The van der Waals surface area contributed by atoms with E-state index in [0.29, 0.717) is 29.3 Å². The number of nitrogens with one attached hydrogen (secondary N) is 2. The van der Waals surface area contributed by atoms with E-state index in [-0.39, 0.29) is 37.0 Å². The molecule has 10 heteroatoms. The zero-order valence-electron chi connectivity index (χ0n) is 20.8. The van der Waals surface area contributed by atoms with Crippen LogP contribution in [-0.2, 0) is 31.3 Å². The third-order valence-corrected chi connectivity index (χ3v) is 7.64. The first-order valence-corrected chi connectivity index (χ1v) is 12.6. The van der Waals surface area contributed by atoms with Crippen LogP contribution < -0.4 is 10.6 Å². The van der Waals surface area contributed by atoms with E-state index in [9.17, 15) is 23.6 Å². The molecule has 2 aliphatic carbocycles. The molecular weight excluding hydrogens is 491 g/mol. The van der Waals surface area contributed by atoms with Crippen molar-refractivity contribution in [3.05, 3.63) is 65.0 Å². The summed E-state index contributed by atoms with van der Waals surface area (Å²) in [6.07, 6.45) is 1.04. The molecule has 1 aliphatic heterocycles. The zero-order valence-corrected chi connectivity index (χ0v) is 20.8. The summed E-state index contributed by atoms with van der Waals surface area (Å²) in [5.74, 6) is -1.63. The van der Waals surface area contributed by atoms with Crippen LogP contribution in [0.5, 0.6) is 0 Å². The number of carbonyl (C=O) groups excluding carboxylic acids is 4. The monoisotopic (exact) mass is 518 g/mol. The topological polar surface area (TPSA) is 129 Å². The lowest BCUT2D eigenvalue weighted by Gasteiger charge is -2.31. The lowest BCUT2D eigenvalue weighted by atomic mass is 9.93. The van der Waals surface area contributed by atoms with Gasteiger partial charge in [0.25, 0.3) is 5.91 Å². The first-order valence-electron chi connectivity index (χ1n) is 12.6. The molecule has 1 saturated heterocycles. The van der Waals surface area contributed by atoms with Crippen LogP contribution in [0.3, 0.4) is 0 Å². The Morgan fingerprint density at radius 2 is 1.97 bits per heavy atom. The molecule has 3 atom stereocenters. The Kier molecular flexibility index (Phi) is 6.61. The molecule has 3 unspecified atom stereocenters. The van der Waals surface area contributed by atoms with Gasteiger partial charge >= 0.3 is 6.09 Å². The van der Waals surface area contributed by atoms with E-state index in [4.69, 9.17) is 10.00 Å². The van der Waals surface area contributed by atoms with Crippen molar-refractivity contribution in [2.75, 3.05) is 5.32 Å². The average Bonchev–Trinajstić information content (AvgIpc) is 3.63. The highest BCUT2D eigenvalue weighted by Crippen LogP contribution is 2.51. The second-order valence-electron chi connectivity index (χ2n) is 10.2. The van der Waals surface area contributed by atoms with Crippen LogP contribution in [0, 0.1) is 23.1 Å². The molecule has 2 fully saturated rings. The van der Waals surface area contributed by atoms with Crippen molar-refractivity contribution in [2.45, 2.75) is 63.1 Å². The van der Waals surface area contributed by atoms with Crippen molar-refractivity contribution in [3.8, 4) is 6.07 Å². The Bertz CT molecular complexity index is 1350. The normalized spacial score (nSPS) is 22.3. The quantitative estimate of drug-likeness (QED) is 0.546. The molecule has 2 aromatic carbocycles. The second kappa shape index (κ2) is 9.89. The van der Waals surface area contributed by atoms with Crippen molar-refractivity contribution < 1.29 is 28.3 Å². The van der Waals surface area contributed by atoms with Gasteiger partial charge in [-0.15, -0.1) is 0 Å². The minimum absolute atomic E-state index is 0.0217. The fourth-order valence-corrected chi connectivity index (χ4v) is 5.51. The number of carbonyl (C=O) groups is 4. The number of anilines is 1. The summed E-state index contributed by atoms with van der Waals surface area (Å²) in [5.41, 5.74) is 0.770. The third-order valence-electron chi connectivity index (χ3n) is 7.64. The molecule has 38 heavy (non-hydrogen) atoms. The number of halogens is 1.